The van der Waals surface area contributed by atoms with E-state index in [1.165, 1.54) is 0 Å². The lowest BCUT2D eigenvalue weighted by molar-refractivity contribution is 0.102. The maximum absolute atomic E-state index is 12.4. The summed E-state index contributed by atoms with van der Waals surface area (Å²) >= 11 is 0. The Morgan fingerprint density at radius 3 is 2.82 bits per heavy atom. The summed E-state index contributed by atoms with van der Waals surface area (Å²) in [4.78, 5) is 21.0. The summed E-state index contributed by atoms with van der Waals surface area (Å²) in [5, 5.41) is 2.98. The van der Waals surface area contributed by atoms with Crippen LogP contribution in [0, 0.1) is 0 Å². The Bertz CT molecular complexity index is 684. The zero-order chi connectivity index (χ0) is 15.5. The summed E-state index contributed by atoms with van der Waals surface area (Å²) in [5.74, 6) is -0.0711. The standard InChI is InChI=1S/C17H20N4O/c1-20(2)10-5-11-21-15-7-4-3-6-13(15)17(22)19-14-8-9-18-12-16(14)21/h3-4,6-9,12H,5,10-11H2,1-2H3,(H,19,22). The highest BCUT2D eigenvalue weighted by molar-refractivity contribution is 6.12. The van der Waals surface area contributed by atoms with Gasteiger partial charge in [-0.25, -0.2) is 0 Å². The smallest absolute Gasteiger partial charge is 0.257 e. The van der Waals surface area contributed by atoms with E-state index in [1.54, 1.807) is 6.20 Å². The molecule has 0 aliphatic carbocycles. The van der Waals surface area contributed by atoms with E-state index >= 15 is 0 Å². The first kappa shape index (κ1) is 14.5. The van der Waals surface area contributed by atoms with E-state index in [2.05, 4.69) is 34.2 Å². The molecule has 2 heterocycles. The molecule has 1 aromatic heterocycles. The molecule has 0 radical (unpaired) electrons. The Hall–Kier alpha value is -2.40. The molecule has 0 fully saturated rings. The average Bonchev–Trinajstić information content (AvgIpc) is 2.63. The maximum atomic E-state index is 12.4. The largest absolute Gasteiger partial charge is 0.338 e. The summed E-state index contributed by atoms with van der Waals surface area (Å²) in [6.07, 6.45) is 4.52. The number of para-hydroxylation sites is 1. The van der Waals surface area contributed by atoms with Crippen molar-refractivity contribution in [2.24, 2.45) is 0 Å². The fraction of sp³-hybridized carbons (Fsp3) is 0.294. The first-order valence-corrected chi connectivity index (χ1v) is 7.43. The van der Waals surface area contributed by atoms with Crippen LogP contribution in [0.1, 0.15) is 16.8 Å². The molecule has 1 aromatic carbocycles. The van der Waals surface area contributed by atoms with Gasteiger partial charge >= 0.3 is 0 Å². The molecule has 5 heteroatoms. The van der Waals surface area contributed by atoms with Crippen LogP contribution in [-0.2, 0) is 0 Å². The lowest BCUT2D eigenvalue weighted by Gasteiger charge is -2.26. The number of nitrogens with one attached hydrogen (secondary N) is 1. The molecular weight excluding hydrogens is 276 g/mol. The van der Waals surface area contributed by atoms with Crippen molar-refractivity contribution < 1.29 is 4.79 Å². The van der Waals surface area contributed by atoms with Crippen LogP contribution in [0.2, 0.25) is 0 Å². The highest BCUT2D eigenvalue weighted by Gasteiger charge is 2.24. The Morgan fingerprint density at radius 1 is 1.18 bits per heavy atom. The van der Waals surface area contributed by atoms with Gasteiger partial charge in [0.1, 0.15) is 0 Å². The van der Waals surface area contributed by atoms with Crippen molar-refractivity contribution in [3.63, 3.8) is 0 Å². The van der Waals surface area contributed by atoms with Crippen molar-refractivity contribution in [2.75, 3.05) is 37.4 Å². The lowest BCUT2D eigenvalue weighted by Crippen LogP contribution is -2.23. The van der Waals surface area contributed by atoms with Crippen LogP contribution in [0.5, 0.6) is 0 Å². The molecule has 0 atom stereocenters. The number of hydrogen-bond donors (Lipinski definition) is 1. The summed E-state index contributed by atoms with van der Waals surface area (Å²) < 4.78 is 0. The second kappa shape index (κ2) is 6.15. The van der Waals surface area contributed by atoms with Gasteiger partial charge in [-0.15, -0.1) is 0 Å². The van der Waals surface area contributed by atoms with E-state index in [1.807, 2.05) is 36.5 Å². The van der Waals surface area contributed by atoms with Gasteiger partial charge in [-0.05, 0) is 45.3 Å². The third-order valence-electron chi connectivity index (χ3n) is 3.77. The van der Waals surface area contributed by atoms with E-state index in [4.69, 9.17) is 0 Å². The normalized spacial score (nSPS) is 13.4. The number of amides is 1. The molecule has 5 nitrogen and oxygen atoms in total. The summed E-state index contributed by atoms with van der Waals surface area (Å²) in [5.41, 5.74) is 3.38. The van der Waals surface area contributed by atoms with Gasteiger partial charge in [0, 0.05) is 12.7 Å². The van der Waals surface area contributed by atoms with E-state index < -0.39 is 0 Å². The molecule has 3 rings (SSSR count). The van der Waals surface area contributed by atoms with Crippen LogP contribution in [-0.4, -0.2) is 43.0 Å². The fourth-order valence-corrected chi connectivity index (χ4v) is 2.71. The molecule has 0 spiro atoms. The minimum atomic E-state index is -0.0711. The predicted octanol–water partition coefficient (Wildman–Crippen LogP) is 2.74. The quantitative estimate of drug-likeness (QED) is 0.942. The SMILES string of the molecule is CN(C)CCCN1c2cnccc2NC(=O)c2ccccc21. The molecule has 0 bridgehead atoms. The Labute approximate surface area is 130 Å². The maximum Gasteiger partial charge on any atom is 0.257 e. The summed E-state index contributed by atoms with van der Waals surface area (Å²) in [6.45, 7) is 1.83. The van der Waals surface area contributed by atoms with Crippen LogP contribution in [0.15, 0.2) is 42.7 Å². The van der Waals surface area contributed by atoms with Gasteiger partial charge in [-0.2, -0.15) is 0 Å². The monoisotopic (exact) mass is 296 g/mol. The van der Waals surface area contributed by atoms with E-state index in [0.717, 1.165) is 36.6 Å². The second-order valence-electron chi connectivity index (χ2n) is 5.67. The van der Waals surface area contributed by atoms with Gasteiger partial charge in [0.25, 0.3) is 5.91 Å². The van der Waals surface area contributed by atoms with Crippen molar-refractivity contribution in [1.82, 2.24) is 9.88 Å². The zero-order valence-corrected chi connectivity index (χ0v) is 12.9. The number of benzene rings is 1. The molecule has 0 saturated carbocycles. The van der Waals surface area contributed by atoms with Gasteiger partial charge < -0.3 is 15.1 Å². The first-order valence-electron chi connectivity index (χ1n) is 7.43. The number of nitrogens with zero attached hydrogens (tertiary/aromatic N) is 3. The average molecular weight is 296 g/mol. The minimum Gasteiger partial charge on any atom is -0.338 e. The van der Waals surface area contributed by atoms with Gasteiger partial charge in [0.05, 0.1) is 28.8 Å². The lowest BCUT2D eigenvalue weighted by atomic mass is 10.1. The topological polar surface area (TPSA) is 48.5 Å². The third kappa shape index (κ3) is 2.80. The first-order chi connectivity index (χ1) is 10.7. The van der Waals surface area contributed by atoms with Crippen LogP contribution < -0.4 is 10.2 Å². The van der Waals surface area contributed by atoms with Gasteiger partial charge in [0.15, 0.2) is 0 Å². The molecule has 1 aliphatic rings. The summed E-state index contributed by atoms with van der Waals surface area (Å²) in [6, 6.07) is 9.56. The van der Waals surface area contributed by atoms with Crippen LogP contribution in [0.25, 0.3) is 0 Å². The number of carbonyl (C=O) groups excluding carboxylic acids is 1. The molecular formula is C17H20N4O. The number of pyridine rings is 1. The number of anilines is 3. The molecule has 114 valence electrons. The molecule has 1 aliphatic heterocycles. The number of fused-ring (bicyclic) bond motifs is 2. The zero-order valence-electron chi connectivity index (χ0n) is 12.9. The number of hydrogen-bond acceptors (Lipinski definition) is 4. The Balaban J connectivity index is 2.02. The van der Waals surface area contributed by atoms with Crippen molar-refractivity contribution >= 4 is 23.0 Å². The van der Waals surface area contributed by atoms with Crippen molar-refractivity contribution in [3.8, 4) is 0 Å². The number of carbonyl (C=O) groups is 1. The van der Waals surface area contributed by atoms with E-state index in [-0.39, 0.29) is 5.91 Å². The molecule has 0 saturated heterocycles. The second-order valence-corrected chi connectivity index (χ2v) is 5.67. The van der Waals surface area contributed by atoms with E-state index in [9.17, 15) is 4.79 Å². The van der Waals surface area contributed by atoms with Gasteiger partial charge in [-0.1, -0.05) is 12.1 Å². The molecule has 1 N–H and O–H groups in total. The third-order valence-corrected chi connectivity index (χ3v) is 3.77. The predicted molar refractivity (Wildman–Crippen MR) is 88.8 cm³/mol. The summed E-state index contributed by atoms with van der Waals surface area (Å²) in [7, 11) is 4.13. The van der Waals surface area contributed by atoms with Crippen molar-refractivity contribution in [1.29, 1.82) is 0 Å². The van der Waals surface area contributed by atoms with Gasteiger partial charge in [-0.3, -0.25) is 9.78 Å². The Morgan fingerprint density at radius 2 is 2.00 bits per heavy atom. The van der Waals surface area contributed by atoms with Crippen LogP contribution in [0.3, 0.4) is 0 Å². The molecule has 0 unspecified atom stereocenters. The van der Waals surface area contributed by atoms with Crippen molar-refractivity contribution in [3.05, 3.63) is 48.3 Å². The fourth-order valence-electron chi connectivity index (χ4n) is 2.71. The van der Waals surface area contributed by atoms with Crippen LogP contribution >= 0.6 is 0 Å². The highest BCUT2D eigenvalue weighted by atomic mass is 16.1. The molecule has 2 aromatic rings. The number of aromatic nitrogens is 1. The Kier molecular flexibility index (Phi) is 4.06. The minimum absolute atomic E-state index is 0.0711. The molecule has 1 amide bonds. The molecule has 22 heavy (non-hydrogen) atoms. The number of rotatable bonds is 4. The van der Waals surface area contributed by atoms with E-state index in [0.29, 0.717) is 5.56 Å². The van der Waals surface area contributed by atoms with Gasteiger partial charge in [0.2, 0.25) is 0 Å². The highest BCUT2D eigenvalue weighted by Crippen LogP contribution is 2.36. The van der Waals surface area contributed by atoms with Crippen LogP contribution in [0.4, 0.5) is 17.1 Å². The van der Waals surface area contributed by atoms with Crippen molar-refractivity contribution in [2.45, 2.75) is 6.42 Å².